The number of halogens is 4. The molecule has 0 unspecified atom stereocenters. The Balaban J connectivity index is -0.0000000654. The van der Waals surface area contributed by atoms with E-state index in [0.29, 0.717) is 11.4 Å². The van der Waals surface area contributed by atoms with Crippen LogP contribution in [0.2, 0.25) is 0 Å². The molecule has 0 rings (SSSR count). The first-order chi connectivity index (χ1) is 9.70. The van der Waals surface area contributed by atoms with E-state index in [1.807, 2.05) is 6.92 Å². The van der Waals surface area contributed by atoms with Gasteiger partial charge in [-0.3, -0.25) is 0 Å². The van der Waals surface area contributed by atoms with Crippen LogP contribution in [-0.2, 0) is 39.0 Å². The Morgan fingerprint density at radius 1 is 1.14 bits per heavy atom. The molecule has 0 atom stereocenters. The van der Waals surface area contributed by atoms with Crippen LogP contribution in [0.3, 0.4) is 0 Å². The summed E-state index contributed by atoms with van der Waals surface area (Å²) in [5.41, 5.74) is 0. The zero-order valence-electron chi connectivity index (χ0n) is 11.0. The second-order valence-electron chi connectivity index (χ2n) is 2.27. The van der Waals surface area contributed by atoms with Gasteiger partial charge in [0.2, 0.25) is 0 Å². The molecule has 0 bridgehead atoms. The summed E-state index contributed by atoms with van der Waals surface area (Å²) in [6.07, 6.45) is 1.74. The van der Waals surface area contributed by atoms with Crippen molar-refractivity contribution in [2.45, 2.75) is 6.92 Å². The van der Waals surface area contributed by atoms with Crippen LogP contribution in [0, 0.1) is 39.2 Å². The van der Waals surface area contributed by atoms with E-state index in [1.165, 1.54) is 7.11 Å². The fourth-order valence-corrected chi connectivity index (χ4v) is 0.366. The summed E-state index contributed by atoms with van der Waals surface area (Å²) in [5.74, 6) is 1.05. The van der Waals surface area contributed by atoms with Gasteiger partial charge in [0.1, 0.15) is 0 Å². The third-order valence-corrected chi connectivity index (χ3v) is 1.30. The normalized spacial score (nSPS) is 8.10. The van der Waals surface area contributed by atoms with Crippen LogP contribution in [0.1, 0.15) is 6.92 Å². The van der Waals surface area contributed by atoms with Gasteiger partial charge in [-0.05, 0) is 0 Å². The number of hydrogen-bond acceptors (Lipinski definition) is 2. The Kier molecular flexibility index (Phi) is 42.5. The molecule has 0 fully saturated rings. The maximum atomic E-state index is 9.75. The molecule has 0 aliphatic heterocycles. The number of hydrogen-bond donors (Lipinski definition) is 0. The zero-order valence-corrected chi connectivity index (χ0v) is 12.1. The molecule has 0 aliphatic rings. The van der Waals surface area contributed by atoms with Crippen molar-refractivity contribution in [3.05, 3.63) is 39.2 Å². The van der Waals surface area contributed by atoms with Gasteiger partial charge in [-0.1, -0.05) is 0 Å². The number of ether oxygens (including phenoxy) is 2. The quantitative estimate of drug-likeness (QED) is 0.328. The third-order valence-electron chi connectivity index (χ3n) is 0.914. The fraction of sp³-hybridized carbons (Fsp3) is 0.300. The standard InChI is InChI=1S/C7H11O2.3CO.BF4.Fe/c1-4-7(2)5-9-6-8-3;3*1-2;2-1(3,4)5;/h4H,1,5H2,2-3H3;;;;;/q;;;;-1;+1. The zero-order chi connectivity index (χ0) is 18.5. The predicted octanol–water partition coefficient (Wildman–Crippen LogP) is 2.10. The molecule has 0 aromatic heterocycles. The van der Waals surface area contributed by atoms with Crippen LogP contribution in [0.15, 0.2) is 0 Å². The molecule has 0 heterocycles. The molecule has 0 saturated carbocycles. The van der Waals surface area contributed by atoms with E-state index in [1.54, 1.807) is 6.42 Å². The van der Waals surface area contributed by atoms with Crippen molar-refractivity contribution in [1.29, 1.82) is 0 Å². The van der Waals surface area contributed by atoms with Crippen LogP contribution in [0.25, 0.3) is 0 Å². The summed E-state index contributed by atoms with van der Waals surface area (Å²) in [5, 5.41) is 0. The summed E-state index contributed by atoms with van der Waals surface area (Å²) >= 11 is 3.49. The van der Waals surface area contributed by atoms with Gasteiger partial charge in [0.25, 0.3) is 0 Å². The summed E-state index contributed by atoms with van der Waals surface area (Å²) in [6.45, 7) is 19.5. The Morgan fingerprint density at radius 3 is 1.62 bits per heavy atom. The third kappa shape index (κ3) is 83.8. The van der Waals surface area contributed by atoms with Crippen molar-refractivity contribution in [2.75, 3.05) is 13.7 Å². The van der Waals surface area contributed by atoms with E-state index in [0.717, 1.165) is 5.92 Å². The molecular weight excluding hydrogens is 343 g/mol. The minimum absolute atomic E-state index is 0.334. The van der Waals surface area contributed by atoms with Crippen LogP contribution in [0.4, 0.5) is 17.3 Å². The fourth-order valence-electron chi connectivity index (χ4n) is 0.287. The molecule has 0 aromatic rings. The van der Waals surface area contributed by atoms with Crippen LogP contribution >= 0.6 is 0 Å². The van der Waals surface area contributed by atoms with Crippen molar-refractivity contribution in [2.24, 2.45) is 0 Å². The molecule has 0 aliphatic carbocycles. The Bertz CT molecular complexity index is 261. The van der Waals surface area contributed by atoms with Gasteiger partial charge < -0.3 is 17.3 Å². The molecule has 5 nitrogen and oxygen atoms in total. The van der Waals surface area contributed by atoms with Gasteiger partial charge in [-0.25, -0.2) is 0 Å². The van der Waals surface area contributed by atoms with E-state index in [4.69, 9.17) is 18.7 Å². The molecule has 0 saturated heterocycles. The van der Waals surface area contributed by atoms with E-state index in [2.05, 4.69) is 47.2 Å². The van der Waals surface area contributed by atoms with Gasteiger partial charge >= 0.3 is 111 Å². The van der Waals surface area contributed by atoms with Crippen molar-refractivity contribution >= 4 is 12.0 Å². The summed E-state index contributed by atoms with van der Waals surface area (Å²) in [4.78, 5) is 0.334. The first kappa shape index (κ1) is 32.3. The summed E-state index contributed by atoms with van der Waals surface area (Å²) in [7, 11) is -4.48. The van der Waals surface area contributed by atoms with Crippen LogP contribution in [-0.4, -0.2) is 25.8 Å². The van der Waals surface area contributed by atoms with Crippen molar-refractivity contribution < 1.29 is 56.3 Å². The van der Waals surface area contributed by atoms with E-state index in [-0.39, 0.29) is 0 Å². The van der Waals surface area contributed by atoms with E-state index >= 15 is 0 Å². The molecule has 0 spiro atoms. The average molecular weight is 354 g/mol. The first-order valence-electron chi connectivity index (χ1n) is 4.32. The number of methoxy groups -OCH3 is 1. The van der Waals surface area contributed by atoms with Crippen molar-refractivity contribution in [3.63, 3.8) is 0 Å². The molecule has 0 aromatic carbocycles. The monoisotopic (exact) mass is 354 g/mol. The van der Waals surface area contributed by atoms with Crippen LogP contribution in [0.5, 0.6) is 0 Å². The Morgan fingerprint density at radius 2 is 1.43 bits per heavy atom. The van der Waals surface area contributed by atoms with Crippen molar-refractivity contribution in [3.8, 4) is 0 Å². The van der Waals surface area contributed by atoms with Gasteiger partial charge in [0.15, 0.2) is 0 Å². The molecule has 11 heteroatoms. The van der Waals surface area contributed by atoms with Gasteiger partial charge in [0.05, 0.1) is 0 Å². The Hall–Kier alpha value is -0.686. The molecule has 3 radical (unpaired) electrons. The molecule has 21 heavy (non-hydrogen) atoms. The predicted molar refractivity (Wildman–Crippen MR) is 58.5 cm³/mol. The minimum atomic E-state index is -6.00. The SMILES string of the molecule is F[B-](F)(F)F.[C-]#[O+].[C-]#[O+].[C-]#[O+].[CH2][CH][C](C)CO[C](=[Fe+])OC. The second kappa shape index (κ2) is 27.6. The Labute approximate surface area is 129 Å². The first-order valence-corrected chi connectivity index (χ1v) is 4.87. The number of rotatable bonds is 5. The van der Waals surface area contributed by atoms with Crippen LogP contribution < -0.4 is 0 Å². The maximum absolute atomic E-state index is 9.75. The van der Waals surface area contributed by atoms with E-state index in [9.17, 15) is 17.3 Å². The molecule has 0 N–H and O–H groups in total. The summed E-state index contributed by atoms with van der Waals surface area (Å²) in [6, 6.07) is 0. The van der Waals surface area contributed by atoms with Crippen molar-refractivity contribution in [1.82, 2.24) is 0 Å². The topological polar surface area (TPSA) is 78.2 Å². The van der Waals surface area contributed by atoms with E-state index < -0.39 is 7.25 Å². The molecular formula is C10H11BF4FeO5. The molecule has 0 amide bonds. The van der Waals surface area contributed by atoms with Gasteiger partial charge in [0, 0.05) is 0 Å². The average Bonchev–Trinajstić information content (AvgIpc) is 2.48. The summed E-state index contributed by atoms with van der Waals surface area (Å²) < 4.78 is 71.2. The van der Waals surface area contributed by atoms with Gasteiger partial charge in [-0.2, -0.15) is 0 Å². The molecule has 120 valence electrons. The second-order valence-corrected chi connectivity index (χ2v) is 2.72. The van der Waals surface area contributed by atoms with Gasteiger partial charge in [-0.15, -0.1) is 0 Å².